The van der Waals surface area contributed by atoms with Crippen LogP contribution in [0.15, 0.2) is 0 Å². The molecule has 11 heteroatoms. The van der Waals surface area contributed by atoms with Crippen molar-refractivity contribution in [3.63, 3.8) is 0 Å². The molecule has 2 aliphatic heterocycles. The van der Waals surface area contributed by atoms with Crippen LogP contribution in [0.4, 0.5) is 18.0 Å². The van der Waals surface area contributed by atoms with Gasteiger partial charge in [0.1, 0.15) is 18.1 Å². The fourth-order valence-corrected chi connectivity index (χ4v) is 2.82. The van der Waals surface area contributed by atoms with Crippen molar-refractivity contribution in [2.75, 3.05) is 39.3 Å². The maximum atomic E-state index is 13.3. The topological polar surface area (TPSA) is 93.8 Å². The van der Waals surface area contributed by atoms with E-state index in [-0.39, 0.29) is 13.1 Å². The predicted octanol–water partition coefficient (Wildman–Crippen LogP) is -0.731. The lowest BCUT2D eigenvalue weighted by atomic mass is 10.0. The van der Waals surface area contributed by atoms with E-state index in [2.05, 4.69) is 16.0 Å². The Morgan fingerprint density at radius 2 is 1.88 bits per heavy atom. The maximum absolute atomic E-state index is 13.3. The van der Waals surface area contributed by atoms with E-state index < -0.39 is 48.7 Å². The summed E-state index contributed by atoms with van der Waals surface area (Å²) in [6.45, 7) is 3.18. The lowest BCUT2D eigenvalue weighted by Gasteiger charge is -2.36. The minimum absolute atomic E-state index is 0.232. The quantitative estimate of drug-likeness (QED) is 0.559. The molecule has 0 radical (unpaired) electrons. The zero-order valence-electron chi connectivity index (χ0n) is 14.1. The van der Waals surface area contributed by atoms with Crippen LogP contribution in [0.5, 0.6) is 0 Å². The standard InChI is InChI=1S/C14H22F3N5O3/c1-13(2)11(24)20-12(25)22(13)8-10(23)19-7-9(14(15,16)17)21-5-3-18-4-6-21/h9,18H,3-8H2,1-2H3,(H,19,23)(H,20,24,25). The first-order chi connectivity index (χ1) is 11.5. The third kappa shape index (κ3) is 4.40. The Balaban J connectivity index is 1.95. The predicted molar refractivity (Wildman–Crippen MR) is 81.6 cm³/mol. The van der Waals surface area contributed by atoms with E-state index in [1.54, 1.807) is 0 Å². The summed E-state index contributed by atoms with van der Waals surface area (Å²) in [6.07, 6.45) is -4.48. The van der Waals surface area contributed by atoms with Crippen molar-refractivity contribution in [2.45, 2.75) is 31.6 Å². The first-order valence-electron chi connectivity index (χ1n) is 7.94. The van der Waals surface area contributed by atoms with Crippen molar-refractivity contribution in [3.8, 4) is 0 Å². The minimum Gasteiger partial charge on any atom is -0.353 e. The molecule has 2 saturated heterocycles. The van der Waals surface area contributed by atoms with Crippen LogP contribution in [-0.4, -0.2) is 84.7 Å². The second kappa shape index (κ2) is 7.16. The van der Waals surface area contributed by atoms with Crippen LogP contribution in [0.25, 0.3) is 0 Å². The van der Waals surface area contributed by atoms with Gasteiger partial charge in [-0.3, -0.25) is 19.8 Å². The summed E-state index contributed by atoms with van der Waals surface area (Å²) in [5, 5.41) is 7.28. The summed E-state index contributed by atoms with van der Waals surface area (Å²) in [5.74, 6) is -1.30. The number of rotatable bonds is 5. The molecule has 2 rings (SSSR count). The fraction of sp³-hybridized carbons (Fsp3) is 0.786. The number of amides is 4. The number of imide groups is 1. The lowest BCUT2D eigenvalue weighted by molar-refractivity contribution is -0.184. The first kappa shape index (κ1) is 19.4. The molecule has 0 spiro atoms. The molecule has 0 aromatic carbocycles. The van der Waals surface area contributed by atoms with Crippen LogP contribution in [0, 0.1) is 0 Å². The molecule has 0 bridgehead atoms. The number of alkyl halides is 3. The lowest BCUT2D eigenvalue weighted by Crippen LogP contribution is -2.58. The van der Waals surface area contributed by atoms with Crippen LogP contribution in [-0.2, 0) is 9.59 Å². The Morgan fingerprint density at radius 1 is 1.28 bits per heavy atom. The van der Waals surface area contributed by atoms with Gasteiger partial charge in [0.15, 0.2) is 0 Å². The SMILES string of the molecule is CC1(C)C(=O)NC(=O)N1CC(=O)NCC(N1CCNCC1)C(F)(F)F. The second-order valence-corrected chi connectivity index (χ2v) is 6.55. The molecule has 1 atom stereocenters. The molecule has 3 N–H and O–H groups in total. The molecule has 2 aliphatic rings. The number of hydrogen-bond acceptors (Lipinski definition) is 5. The maximum Gasteiger partial charge on any atom is 0.405 e. The highest BCUT2D eigenvalue weighted by molar-refractivity contribution is 6.07. The molecule has 0 aromatic heterocycles. The Labute approximate surface area is 143 Å². The molecular formula is C14H22F3N5O3. The molecule has 25 heavy (non-hydrogen) atoms. The Kier molecular flexibility index (Phi) is 5.57. The van der Waals surface area contributed by atoms with Crippen LogP contribution in [0.2, 0.25) is 0 Å². The molecule has 142 valence electrons. The number of carbonyl (C=O) groups is 3. The van der Waals surface area contributed by atoms with E-state index in [0.717, 1.165) is 4.90 Å². The number of halogens is 3. The first-order valence-corrected chi connectivity index (χ1v) is 7.94. The average molecular weight is 365 g/mol. The van der Waals surface area contributed by atoms with E-state index in [4.69, 9.17) is 0 Å². The Hall–Kier alpha value is -1.88. The normalized spacial score (nSPS) is 22.7. The zero-order chi connectivity index (χ0) is 18.8. The third-order valence-corrected chi connectivity index (χ3v) is 4.46. The van der Waals surface area contributed by atoms with Gasteiger partial charge >= 0.3 is 12.2 Å². The highest BCUT2D eigenvalue weighted by Crippen LogP contribution is 2.25. The number of urea groups is 1. The van der Waals surface area contributed by atoms with Crippen molar-refractivity contribution >= 4 is 17.8 Å². The van der Waals surface area contributed by atoms with Gasteiger partial charge in [0, 0.05) is 32.7 Å². The summed E-state index contributed by atoms with van der Waals surface area (Å²) in [7, 11) is 0. The van der Waals surface area contributed by atoms with Gasteiger partial charge in [0.25, 0.3) is 5.91 Å². The van der Waals surface area contributed by atoms with Crippen molar-refractivity contribution in [1.82, 2.24) is 25.8 Å². The molecule has 8 nitrogen and oxygen atoms in total. The van der Waals surface area contributed by atoms with Crippen LogP contribution < -0.4 is 16.0 Å². The van der Waals surface area contributed by atoms with Crippen molar-refractivity contribution in [2.24, 2.45) is 0 Å². The fourth-order valence-electron chi connectivity index (χ4n) is 2.82. The highest BCUT2D eigenvalue weighted by atomic mass is 19.4. The summed E-state index contributed by atoms with van der Waals surface area (Å²) in [6, 6.07) is -2.53. The Bertz CT molecular complexity index is 546. The molecule has 1 unspecified atom stereocenters. The summed E-state index contributed by atoms with van der Waals surface area (Å²) < 4.78 is 39.8. The van der Waals surface area contributed by atoms with E-state index in [0.29, 0.717) is 13.1 Å². The molecule has 0 saturated carbocycles. The summed E-state index contributed by atoms with van der Waals surface area (Å²) in [4.78, 5) is 37.6. The van der Waals surface area contributed by atoms with Gasteiger partial charge < -0.3 is 15.5 Å². The monoisotopic (exact) mass is 365 g/mol. The van der Waals surface area contributed by atoms with Gasteiger partial charge in [-0.1, -0.05) is 0 Å². The van der Waals surface area contributed by atoms with E-state index in [1.807, 2.05) is 0 Å². The van der Waals surface area contributed by atoms with Crippen LogP contribution in [0.3, 0.4) is 0 Å². The smallest absolute Gasteiger partial charge is 0.353 e. The number of nitrogens with one attached hydrogen (secondary N) is 3. The van der Waals surface area contributed by atoms with Gasteiger partial charge in [0.2, 0.25) is 5.91 Å². The van der Waals surface area contributed by atoms with Crippen LogP contribution >= 0.6 is 0 Å². The molecule has 2 heterocycles. The van der Waals surface area contributed by atoms with Gasteiger partial charge in [-0.05, 0) is 13.8 Å². The van der Waals surface area contributed by atoms with Crippen LogP contribution in [0.1, 0.15) is 13.8 Å². The van der Waals surface area contributed by atoms with Gasteiger partial charge in [-0.2, -0.15) is 13.2 Å². The third-order valence-electron chi connectivity index (χ3n) is 4.46. The number of piperazine rings is 1. The van der Waals surface area contributed by atoms with Gasteiger partial charge in [-0.25, -0.2) is 4.79 Å². The average Bonchev–Trinajstić information content (AvgIpc) is 2.69. The van der Waals surface area contributed by atoms with E-state index >= 15 is 0 Å². The Morgan fingerprint density at radius 3 is 2.36 bits per heavy atom. The summed E-state index contributed by atoms with van der Waals surface area (Å²) >= 11 is 0. The molecule has 0 aliphatic carbocycles. The van der Waals surface area contributed by atoms with Crippen molar-refractivity contribution in [3.05, 3.63) is 0 Å². The minimum atomic E-state index is -4.48. The summed E-state index contributed by atoms with van der Waals surface area (Å²) in [5.41, 5.74) is -1.23. The largest absolute Gasteiger partial charge is 0.405 e. The number of nitrogens with zero attached hydrogens (tertiary/aromatic N) is 2. The van der Waals surface area contributed by atoms with E-state index in [1.165, 1.54) is 18.7 Å². The molecule has 0 aromatic rings. The van der Waals surface area contributed by atoms with E-state index in [9.17, 15) is 27.6 Å². The molecule has 4 amide bonds. The van der Waals surface area contributed by atoms with Crippen molar-refractivity contribution < 1.29 is 27.6 Å². The van der Waals surface area contributed by atoms with Crippen molar-refractivity contribution in [1.29, 1.82) is 0 Å². The molecular weight excluding hydrogens is 343 g/mol. The number of carbonyl (C=O) groups excluding carboxylic acids is 3. The number of hydrogen-bond donors (Lipinski definition) is 3. The zero-order valence-corrected chi connectivity index (χ0v) is 14.1. The highest BCUT2D eigenvalue weighted by Gasteiger charge is 2.47. The van der Waals surface area contributed by atoms with Gasteiger partial charge in [0.05, 0.1) is 0 Å². The molecule has 2 fully saturated rings. The second-order valence-electron chi connectivity index (χ2n) is 6.55. The van der Waals surface area contributed by atoms with Gasteiger partial charge in [-0.15, -0.1) is 0 Å².